The van der Waals surface area contributed by atoms with Crippen molar-refractivity contribution in [2.75, 3.05) is 0 Å². The molecule has 1 fully saturated rings. The molecule has 0 unspecified atom stereocenters. The van der Waals surface area contributed by atoms with Crippen LogP contribution in [0.25, 0.3) is 33.7 Å². The van der Waals surface area contributed by atoms with Crippen molar-refractivity contribution in [1.82, 2.24) is 44.8 Å². The van der Waals surface area contributed by atoms with Gasteiger partial charge in [-0.3, -0.25) is 14.2 Å². The average Bonchev–Trinajstić information content (AvgIpc) is 3.42. The predicted molar refractivity (Wildman–Crippen MR) is 100 cm³/mol. The maximum atomic E-state index is 13.1. The van der Waals surface area contributed by atoms with Gasteiger partial charge in [0.2, 0.25) is 0 Å². The van der Waals surface area contributed by atoms with Crippen LogP contribution in [0.3, 0.4) is 0 Å². The van der Waals surface area contributed by atoms with Crippen molar-refractivity contribution >= 4 is 33.7 Å². The van der Waals surface area contributed by atoms with E-state index in [1.54, 1.807) is 18.3 Å². The van der Waals surface area contributed by atoms with Crippen LogP contribution in [-0.4, -0.2) is 44.8 Å². The van der Waals surface area contributed by atoms with Crippen LogP contribution in [0.2, 0.25) is 0 Å². The highest BCUT2D eigenvalue weighted by Gasteiger charge is 2.27. The molecule has 28 heavy (non-hydrogen) atoms. The molecule has 1 aromatic carbocycles. The van der Waals surface area contributed by atoms with Crippen molar-refractivity contribution < 1.29 is 0 Å². The van der Waals surface area contributed by atoms with E-state index in [0.29, 0.717) is 33.9 Å². The number of hydrogen-bond donors (Lipinski definition) is 0. The summed E-state index contributed by atoms with van der Waals surface area (Å²) in [6.45, 7) is 1.92. The number of hydrogen-bond acceptors (Lipinski definition) is 8. The van der Waals surface area contributed by atoms with E-state index in [-0.39, 0.29) is 17.2 Å². The van der Waals surface area contributed by atoms with Crippen LogP contribution in [0.5, 0.6) is 0 Å². The average molecular weight is 377 g/mol. The molecule has 0 atom stereocenters. The number of benzene rings is 1. The lowest BCUT2D eigenvalue weighted by Crippen LogP contribution is -2.24. The van der Waals surface area contributed by atoms with Crippen molar-refractivity contribution in [1.29, 1.82) is 0 Å². The second-order valence-electron chi connectivity index (χ2n) is 6.64. The molecule has 0 amide bonds. The second-order valence-corrected chi connectivity index (χ2v) is 6.64. The smallest absolute Gasteiger partial charge is 0.269 e. The van der Waals surface area contributed by atoms with Crippen LogP contribution in [0.4, 0.5) is 0 Å². The number of fused-ring (bicyclic) bond motifs is 2. The molecule has 0 spiro atoms. The topological polar surface area (TPSA) is 126 Å². The summed E-state index contributed by atoms with van der Waals surface area (Å²) in [5.41, 5.74) is 1.03. The van der Waals surface area contributed by atoms with Gasteiger partial charge in [0, 0.05) is 5.70 Å². The molecule has 1 aliphatic rings. The summed E-state index contributed by atoms with van der Waals surface area (Å²) in [5, 5.41) is 19.9. The van der Waals surface area contributed by atoms with Crippen LogP contribution >= 0.6 is 0 Å². The van der Waals surface area contributed by atoms with Gasteiger partial charge in [-0.2, -0.15) is 0 Å². The van der Waals surface area contributed by atoms with Gasteiger partial charge in [-0.05, 0) is 41.8 Å². The zero-order chi connectivity index (χ0) is 19.3. The Bertz CT molecular complexity index is 1350. The molecule has 11 heteroatoms. The Morgan fingerprint density at radius 1 is 1.11 bits per heavy atom. The van der Waals surface area contributed by atoms with E-state index in [1.165, 1.54) is 26.6 Å². The predicted octanol–water partition coefficient (Wildman–Crippen LogP) is 0.688. The van der Waals surface area contributed by atoms with Crippen LogP contribution in [0.15, 0.2) is 34.4 Å². The monoisotopic (exact) mass is 377 g/mol. The third-order valence-electron chi connectivity index (χ3n) is 4.77. The standard InChI is InChI=1S/C17H15N9O2/c1-2-10(7-24-9-19-21-23-24)25-8-18-14-5-13-15(6-12(14)16(25)27)20-22-26(17(13)28)11-3-4-11/h5-9,11H,2-4H2,1H3/b10-7+. The fraction of sp³-hybridized carbons (Fsp3) is 0.294. The van der Waals surface area contributed by atoms with E-state index < -0.39 is 0 Å². The third kappa shape index (κ3) is 2.59. The van der Waals surface area contributed by atoms with E-state index in [9.17, 15) is 9.59 Å². The van der Waals surface area contributed by atoms with E-state index in [4.69, 9.17) is 0 Å². The van der Waals surface area contributed by atoms with Crippen molar-refractivity contribution in [3.05, 3.63) is 45.5 Å². The van der Waals surface area contributed by atoms with Gasteiger partial charge in [0.05, 0.1) is 28.5 Å². The fourth-order valence-corrected chi connectivity index (χ4v) is 3.14. The van der Waals surface area contributed by atoms with Crippen LogP contribution in [0, 0.1) is 0 Å². The highest BCUT2D eigenvalue weighted by atomic mass is 16.1. The van der Waals surface area contributed by atoms with E-state index in [2.05, 4.69) is 30.8 Å². The largest absolute Gasteiger partial charge is 0.277 e. The molecule has 3 aromatic heterocycles. The summed E-state index contributed by atoms with van der Waals surface area (Å²) in [7, 11) is 0. The molecule has 4 aromatic rings. The fourth-order valence-electron chi connectivity index (χ4n) is 3.14. The number of allylic oxidation sites excluding steroid dienone is 1. The van der Waals surface area contributed by atoms with Crippen molar-refractivity contribution in [2.24, 2.45) is 0 Å². The summed E-state index contributed by atoms with van der Waals surface area (Å²) in [6, 6.07) is 3.32. The van der Waals surface area contributed by atoms with Crippen molar-refractivity contribution in [3.63, 3.8) is 0 Å². The van der Waals surface area contributed by atoms with Crippen LogP contribution < -0.4 is 11.1 Å². The van der Waals surface area contributed by atoms with E-state index in [0.717, 1.165) is 12.8 Å². The third-order valence-corrected chi connectivity index (χ3v) is 4.77. The molecule has 0 N–H and O–H groups in total. The maximum absolute atomic E-state index is 13.1. The Morgan fingerprint density at radius 3 is 2.61 bits per heavy atom. The second kappa shape index (κ2) is 6.15. The summed E-state index contributed by atoms with van der Waals surface area (Å²) in [4.78, 5) is 30.1. The molecule has 0 aliphatic heterocycles. The molecule has 0 radical (unpaired) electrons. The highest BCUT2D eigenvalue weighted by Crippen LogP contribution is 2.32. The molecule has 1 saturated carbocycles. The zero-order valence-electron chi connectivity index (χ0n) is 14.9. The molecule has 0 bridgehead atoms. The zero-order valence-corrected chi connectivity index (χ0v) is 14.9. The number of aromatic nitrogens is 9. The molecule has 3 heterocycles. The lowest BCUT2D eigenvalue weighted by atomic mass is 10.1. The lowest BCUT2D eigenvalue weighted by molar-refractivity contribution is 0.566. The Kier molecular flexibility index (Phi) is 3.60. The Balaban J connectivity index is 1.71. The van der Waals surface area contributed by atoms with Gasteiger partial charge >= 0.3 is 0 Å². The minimum atomic E-state index is -0.263. The number of nitrogens with zero attached hydrogens (tertiary/aromatic N) is 9. The maximum Gasteiger partial charge on any atom is 0.277 e. The Morgan fingerprint density at radius 2 is 1.89 bits per heavy atom. The number of rotatable bonds is 4. The quantitative estimate of drug-likeness (QED) is 0.475. The molecule has 0 saturated heterocycles. The first-order valence-electron chi connectivity index (χ1n) is 8.90. The first-order valence-corrected chi connectivity index (χ1v) is 8.90. The number of tetrazole rings is 1. The summed E-state index contributed by atoms with van der Waals surface area (Å²) in [6.07, 6.45) is 6.97. The Labute approximate surface area is 156 Å². The van der Waals surface area contributed by atoms with Crippen LogP contribution in [0.1, 0.15) is 32.2 Å². The highest BCUT2D eigenvalue weighted by molar-refractivity contribution is 5.93. The minimum Gasteiger partial charge on any atom is -0.269 e. The summed E-state index contributed by atoms with van der Waals surface area (Å²) in [5.74, 6) is 0. The first-order chi connectivity index (χ1) is 13.7. The van der Waals surface area contributed by atoms with Gasteiger partial charge < -0.3 is 0 Å². The summed E-state index contributed by atoms with van der Waals surface area (Å²) >= 11 is 0. The normalized spacial score (nSPS) is 14.8. The Hall–Kier alpha value is -3.76. The SMILES string of the molecule is CC/C(=C\n1cnnn1)n1cnc2cc3c(=O)n(C4CC4)nnc3cc2c1=O. The van der Waals surface area contributed by atoms with Crippen molar-refractivity contribution in [3.8, 4) is 0 Å². The van der Waals surface area contributed by atoms with Gasteiger partial charge in [-0.1, -0.05) is 12.1 Å². The molecular weight excluding hydrogens is 362 g/mol. The van der Waals surface area contributed by atoms with E-state index in [1.807, 2.05) is 6.92 Å². The van der Waals surface area contributed by atoms with Gasteiger partial charge in [0.1, 0.15) is 18.2 Å². The van der Waals surface area contributed by atoms with E-state index >= 15 is 0 Å². The first kappa shape index (κ1) is 16.4. The van der Waals surface area contributed by atoms with Gasteiger partial charge in [0.15, 0.2) is 0 Å². The molecular formula is C17H15N9O2. The molecule has 1 aliphatic carbocycles. The minimum absolute atomic E-state index is 0.129. The molecule has 5 rings (SSSR count). The molecule has 11 nitrogen and oxygen atoms in total. The summed E-state index contributed by atoms with van der Waals surface area (Å²) < 4.78 is 4.27. The van der Waals surface area contributed by atoms with Crippen LogP contribution in [-0.2, 0) is 0 Å². The lowest BCUT2D eigenvalue weighted by Gasteiger charge is -2.10. The molecule has 140 valence electrons. The van der Waals surface area contributed by atoms with Gasteiger partial charge in [-0.25, -0.2) is 14.3 Å². The van der Waals surface area contributed by atoms with Gasteiger partial charge in [0.25, 0.3) is 11.1 Å². The van der Waals surface area contributed by atoms with Crippen molar-refractivity contribution in [2.45, 2.75) is 32.2 Å². The van der Waals surface area contributed by atoms with Gasteiger partial charge in [-0.15, -0.1) is 10.2 Å².